The molecule has 0 atom stereocenters. The van der Waals surface area contributed by atoms with Crippen LogP contribution in [0.5, 0.6) is 0 Å². The van der Waals surface area contributed by atoms with E-state index < -0.39 is 11.7 Å². The number of methoxy groups -OCH3 is 1. The molecule has 118 valence electrons. The Hall–Kier alpha value is -2.64. The molecule has 8 heteroatoms. The lowest BCUT2D eigenvalue weighted by molar-refractivity contribution is -0.148. The zero-order valence-electron chi connectivity index (χ0n) is 12.7. The second-order valence-corrected chi connectivity index (χ2v) is 5.06. The number of aromatic nitrogens is 3. The van der Waals surface area contributed by atoms with E-state index >= 15 is 0 Å². The molecule has 2 aromatic heterocycles. The van der Waals surface area contributed by atoms with Gasteiger partial charge in [0.15, 0.2) is 5.65 Å². The molecule has 8 nitrogen and oxygen atoms in total. The fourth-order valence-corrected chi connectivity index (χ4v) is 2.05. The van der Waals surface area contributed by atoms with Crippen LogP contribution in [0.15, 0.2) is 29.2 Å². The summed E-state index contributed by atoms with van der Waals surface area (Å²) in [4.78, 5) is 37.2. The van der Waals surface area contributed by atoms with Gasteiger partial charge in [0.05, 0.1) is 7.11 Å². The van der Waals surface area contributed by atoms with Crippen LogP contribution >= 0.6 is 0 Å². The molecule has 2 heterocycles. The van der Waals surface area contributed by atoms with E-state index in [4.69, 9.17) is 0 Å². The highest BCUT2D eigenvalue weighted by atomic mass is 16.5. The number of carbonyl (C=O) groups excluding carboxylic acids is 2. The number of fused-ring (bicyclic) bond motifs is 1. The standard InChI is InChI=1S/C14H18N4O4/c1-10(2)17(9-13(20)22-3)12(19)8-18-14(21)16-7-5-4-6-11(16)15-18/h4-7,10H,8-9H2,1-3H3. The Morgan fingerprint density at radius 2 is 2.09 bits per heavy atom. The van der Waals surface area contributed by atoms with Crippen LogP contribution in [-0.2, 0) is 20.9 Å². The summed E-state index contributed by atoms with van der Waals surface area (Å²) >= 11 is 0. The number of hydrogen-bond acceptors (Lipinski definition) is 5. The molecule has 0 radical (unpaired) electrons. The summed E-state index contributed by atoms with van der Waals surface area (Å²) in [5.41, 5.74) is 0.0649. The summed E-state index contributed by atoms with van der Waals surface area (Å²) in [6, 6.07) is 4.95. The van der Waals surface area contributed by atoms with Crippen molar-refractivity contribution < 1.29 is 14.3 Å². The number of nitrogens with zero attached hydrogens (tertiary/aromatic N) is 4. The summed E-state index contributed by atoms with van der Waals surface area (Å²) in [5, 5.41) is 4.10. The lowest BCUT2D eigenvalue weighted by Crippen LogP contribution is -2.44. The van der Waals surface area contributed by atoms with Crippen molar-refractivity contribution in [2.75, 3.05) is 13.7 Å². The molecular weight excluding hydrogens is 288 g/mol. The first-order chi connectivity index (χ1) is 10.4. The molecule has 22 heavy (non-hydrogen) atoms. The zero-order chi connectivity index (χ0) is 16.3. The van der Waals surface area contributed by atoms with Gasteiger partial charge >= 0.3 is 11.7 Å². The monoisotopic (exact) mass is 306 g/mol. The first-order valence-electron chi connectivity index (χ1n) is 6.84. The van der Waals surface area contributed by atoms with Gasteiger partial charge in [0, 0.05) is 12.2 Å². The van der Waals surface area contributed by atoms with Gasteiger partial charge in [-0.15, -0.1) is 5.10 Å². The minimum atomic E-state index is -0.510. The van der Waals surface area contributed by atoms with Crippen molar-refractivity contribution in [3.63, 3.8) is 0 Å². The summed E-state index contributed by atoms with van der Waals surface area (Å²) in [6.07, 6.45) is 1.58. The lowest BCUT2D eigenvalue weighted by atomic mass is 10.3. The van der Waals surface area contributed by atoms with Crippen molar-refractivity contribution in [3.8, 4) is 0 Å². The third-order valence-electron chi connectivity index (χ3n) is 3.24. The van der Waals surface area contributed by atoms with Crippen LogP contribution in [0.3, 0.4) is 0 Å². The van der Waals surface area contributed by atoms with E-state index in [2.05, 4.69) is 9.84 Å². The number of rotatable bonds is 5. The van der Waals surface area contributed by atoms with Gasteiger partial charge in [-0.25, -0.2) is 9.48 Å². The molecule has 0 aromatic carbocycles. The number of amides is 1. The van der Waals surface area contributed by atoms with Gasteiger partial charge in [0.2, 0.25) is 5.91 Å². The fraction of sp³-hybridized carbons (Fsp3) is 0.429. The van der Waals surface area contributed by atoms with Crippen molar-refractivity contribution in [1.29, 1.82) is 0 Å². The van der Waals surface area contributed by atoms with Crippen molar-refractivity contribution in [1.82, 2.24) is 19.1 Å². The largest absolute Gasteiger partial charge is 0.468 e. The molecule has 0 aliphatic carbocycles. The van der Waals surface area contributed by atoms with E-state index in [-0.39, 0.29) is 25.0 Å². The number of carbonyl (C=O) groups is 2. The molecule has 0 N–H and O–H groups in total. The third-order valence-corrected chi connectivity index (χ3v) is 3.24. The number of esters is 1. The second-order valence-electron chi connectivity index (χ2n) is 5.06. The SMILES string of the molecule is COC(=O)CN(C(=O)Cn1nc2ccccn2c1=O)C(C)C. The van der Waals surface area contributed by atoms with E-state index in [1.165, 1.54) is 16.4 Å². The highest BCUT2D eigenvalue weighted by Gasteiger charge is 2.22. The molecule has 0 bridgehead atoms. The van der Waals surface area contributed by atoms with Crippen molar-refractivity contribution in [3.05, 3.63) is 34.9 Å². The highest BCUT2D eigenvalue weighted by Crippen LogP contribution is 2.02. The van der Waals surface area contributed by atoms with Crippen LogP contribution in [0.2, 0.25) is 0 Å². The molecule has 2 rings (SSSR count). The molecule has 0 unspecified atom stereocenters. The topological polar surface area (TPSA) is 85.9 Å². The molecule has 2 aromatic rings. The minimum Gasteiger partial charge on any atom is -0.468 e. The smallest absolute Gasteiger partial charge is 0.350 e. The molecule has 1 amide bonds. The zero-order valence-corrected chi connectivity index (χ0v) is 12.7. The average Bonchev–Trinajstić information content (AvgIpc) is 2.80. The maximum absolute atomic E-state index is 12.3. The van der Waals surface area contributed by atoms with Gasteiger partial charge in [-0.3, -0.25) is 14.0 Å². The van der Waals surface area contributed by atoms with E-state index in [0.29, 0.717) is 5.65 Å². The Morgan fingerprint density at radius 3 is 2.68 bits per heavy atom. The Kier molecular flexibility index (Phi) is 4.59. The predicted octanol–water partition coefficient (Wildman–Crippen LogP) is -0.0940. The number of pyridine rings is 1. The highest BCUT2D eigenvalue weighted by molar-refractivity contribution is 5.82. The Morgan fingerprint density at radius 1 is 1.36 bits per heavy atom. The summed E-state index contributed by atoms with van der Waals surface area (Å²) in [6.45, 7) is 3.19. The van der Waals surface area contributed by atoms with Crippen LogP contribution in [0.1, 0.15) is 13.8 Å². The van der Waals surface area contributed by atoms with E-state index in [1.807, 2.05) is 0 Å². The van der Waals surface area contributed by atoms with Crippen LogP contribution in [0.4, 0.5) is 0 Å². The normalized spacial score (nSPS) is 10.9. The molecule has 0 spiro atoms. The summed E-state index contributed by atoms with van der Waals surface area (Å²) in [7, 11) is 1.26. The first kappa shape index (κ1) is 15.7. The average molecular weight is 306 g/mol. The summed E-state index contributed by atoms with van der Waals surface area (Å²) < 4.78 is 7.02. The number of ether oxygens (including phenoxy) is 1. The van der Waals surface area contributed by atoms with Crippen molar-refractivity contribution >= 4 is 17.5 Å². The van der Waals surface area contributed by atoms with Crippen LogP contribution in [-0.4, -0.2) is 50.7 Å². The van der Waals surface area contributed by atoms with Gasteiger partial charge in [-0.1, -0.05) is 6.07 Å². The Bertz CT molecular complexity index is 747. The van der Waals surface area contributed by atoms with E-state index in [1.54, 1.807) is 38.2 Å². The molecular formula is C14H18N4O4. The Balaban J connectivity index is 2.23. The first-order valence-corrected chi connectivity index (χ1v) is 6.84. The fourth-order valence-electron chi connectivity index (χ4n) is 2.05. The second kappa shape index (κ2) is 6.42. The third kappa shape index (κ3) is 3.16. The predicted molar refractivity (Wildman–Crippen MR) is 78.3 cm³/mol. The molecule has 0 aliphatic heterocycles. The van der Waals surface area contributed by atoms with Crippen LogP contribution < -0.4 is 5.69 Å². The molecule has 0 saturated heterocycles. The van der Waals surface area contributed by atoms with E-state index in [9.17, 15) is 14.4 Å². The van der Waals surface area contributed by atoms with Gasteiger partial charge in [-0.2, -0.15) is 0 Å². The molecule has 0 aliphatic rings. The quantitative estimate of drug-likeness (QED) is 0.720. The van der Waals surface area contributed by atoms with Crippen LogP contribution in [0, 0.1) is 0 Å². The van der Waals surface area contributed by atoms with Gasteiger partial charge in [-0.05, 0) is 26.0 Å². The molecule has 0 saturated carbocycles. The minimum absolute atomic E-state index is 0.158. The lowest BCUT2D eigenvalue weighted by Gasteiger charge is -2.25. The Labute approximate surface area is 126 Å². The van der Waals surface area contributed by atoms with Gasteiger partial charge in [0.1, 0.15) is 13.1 Å². The van der Waals surface area contributed by atoms with Crippen LogP contribution in [0.25, 0.3) is 5.65 Å². The van der Waals surface area contributed by atoms with E-state index in [0.717, 1.165) is 4.68 Å². The van der Waals surface area contributed by atoms with Gasteiger partial charge < -0.3 is 9.64 Å². The van der Waals surface area contributed by atoms with Crippen molar-refractivity contribution in [2.24, 2.45) is 0 Å². The van der Waals surface area contributed by atoms with Crippen molar-refractivity contribution in [2.45, 2.75) is 26.4 Å². The van der Waals surface area contributed by atoms with Gasteiger partial charge in [0.25, 0.3) is 0 Å². The maximum Gasteiger partial charge on any atom is 0.350 e. The summed E-state index contributed by atoms with van der Waals surface area (Å²) in [5.74, 6) is -0.879. The molecule has 0 fully saturated rings. The number of hydrogen-bond donors (Lipinski definition) is 0. The maximum atomic E-state index is 12.3.